The number of nitrogens with one attached hydrogen (secondary N) is 1. The van der Waals surface area contributed by atoms with Gasteiger partial charge in [-0.1, -0.05) is 28.1 Å². The molecule has 8 heteroatoms. The van der Waals surface area contributed by atoms with Crippen LogP contribution in [0.4, 0.5) is 0 Å². The van der Waals surface area contributed by atoms with E-state index < -0.39 is 41.8 Å². The Morgan fingerprint density at radius 2 is 1.38 bits per heavy atom. The Morgan fingerprint density at radius 1 is 0.875 bits per heavy atom. The molecule has 2 rings (SSSR count). The van der Waals surface area contributed by atoms with E-state index in [0.717, 1.165) is 10.0 Å². The first-order chi connectivity index (χ1) is 11.4. The summed E-state index contributed by atoms with van der Waals surface area (Å²) in [6.45, 7) is 0. The highest BCUT2D eigenvalue weighted by Gasteiger charge is 2.55. The van der Waals surface area contributed by atoms with E-state index >= 15 is 0 Å². The van der Waals surface area contributed by atoms with Crippen molar-refractivity contribution in [2.75, 3.05) is 21.3 Å². The van der Waals surface area contributed by atoms with Gasteiger partial charge < -0.3 is 14.2 Å². The van der Waals surface area contributed by atoms with Crippen LogP contribution in [-0.2, 0) is 28.6 Å². The molecule has 0 aliphatic carbocycles. The largest absolute Gasteiger partial charge is 0.469 e. The van der Waals surface area contributed by atoms with E-state index in [9.17, 15) is 14.4 Å². The van der Waals surface area contributed by atoms with E-state index in [1.165, 1.54) is 21.3 Å². The van der Waals surface area contributed by atoms with Crippen molar-refractivity contribution in [3.8, 4) is 0 Å². The van der Waals surface area contributed by atoms with Gasteiger partial charge in [0.25, 0.3) is 0 Å². The van der Waals surface area contributed by atoms with Crippen LogP contribution >= 0.6 is 15.9 Å². The van der Waals surface area contributed by atoms with Gasteiger partial charge in [0.15, 0.2) is 0 Å². The second-order valence-corrected chi connectivity index (χ2v) is 6.21. The van der Waals surface area contributed by atoms with Crippen molar-refractivity contribution in [1.29, 1.82) is 0 Å². The van der Waals surface area contributed by atoms with Gasteiger partial charge in [0.1, 0.15) is 6.04 Å². The molecule has 1 fully saturated rings. The van der Waals surface area contributed by atoms with Crippen molar-refractivity contribution >= 4 is 33.8 Å². The van der Waals surface area contributed by atoms with Crippen molar-refractivity contribution < 1.29 is 28.6 Å². The zero-order valence-corrected chi connectivity index (χ0v) is 15.0. The number of esters is 3. The number of carbonyl (C=O) groups is 3. The van der Waals surface area contributed by atoms with Gasteiger partial charge in [-0.3, -0.25) is 19.7 Å². The van der Waals surface area contributed by atoms with Crippen LogP contribution in [0.25, 0.3) is 0 Å². The Morgan fingerprint density at radius 3 is 1.88 bits per heavy atom. The molecule has 0 radical (unpaired) electrons. The third-order valence-electron chi connectivity index (χ3n) is 4.10. The number of rotatable bonds is 4. The lowest BCUT2D eigenvalue weighted by Gasteiger charge is -2.21. The lowest BCUT2D eigenvalue weighted by molar-refractivity contribution is -0.159. The summed E-state index contributed by atoms with van der Waals surface area (Å²) in [5.41, 5.74) is 0.744. The Hall–Kier alpha value is -1.93. The molecule has 1 aliphatic rings. The van der Waals surface area contributed by atoms with E-state index in [1.807, 2.05) is 12.1 Å². The van der Waals surface area contributed by atoms with E-state index in [1.54, 1.807) is 12.1 Å². The Balaban J connectivity index is 2.48. The molecular weight excluding hydrogens is 382 g/mol. The van der Waals surface area contributed by atoms with Crippen molar-refractivity contribution in [2.45, 2.75) is 12.1 Å². The molecule has 1 saturated heterocycles. The van der Waals surface area contributed by atoms with Gasteiger partial charge in [0.2, 0.25) is 0 Å². The lowest BCUT2D eigenvalue weighted by Crippen LogP contribution is -2.42. The van der Waals surface area contributed by atoms with Crippen LogP contribution < -0.4 is 5.32 Å². The molecule has 0 unspecified atom stereocenters. The molecule has 4 atom stereocenters. The Bertz CT molecular complexity index is 632. The van der Waals surface area contributed by atoms with Crippen LogP contribution in [0.3, 0.4) is 0 Å². The van der Waals surface area contributed by atoms with Gasteiger partial charge in [0.05, 0.1) is 33.2 Å². The first kappa shape index (κ1) is 18.4. The average molecular weight is 400 g/mol. The topological polar surface area (TPSA) is 90.9 Å². The van der Waals surface area contributed by atoms with Crippen LogP contribution in [0.5, 0.6) is 0 Å². The fourth-order valence-corrected chi connectivity index (χ4v) is 3.23. The van der Waals surface area contributed by atoms with Crippen LogP contribution in [0.2, 0.25) is 0 Å². The standard InChI is InChI=1S/C16H18BrNO6/c1-22-14(19)10-11(15(20)23-2)13(16(21)24-3)18-12(10)8-4-6-9(17)7-5-8/h4-7,10-13,18H,1-3H3/t10-,11+,12-,13-/m1/s1. The molecule has 0 amide bonds. The highest BCUT2D eigenvalue weighted by molar-refractivity contribution is 9.10. The van der Waals surface area contributed by atoms with E-state index in [-0.39, 0.29) is 0 Å². The molecule has 1 heterocycles. The third-order valence-corrected chi connectivity index (χ3v) is 4.62. The number of ether oxygens (including phenoxy) is 3. The molecule has 1 N–H and O–H groups in total. The molecule has 130 valence electrons. The Kier molecular flexibility index (Phi) is 5.95. The van der Waals surface area contributed by atoms with Crippen LogP contribution in [0, 0.1) is 11.8 Å². The monoisotopic (exact) mass is 399 g/mol. The molecule has 0 spiro atoms. The Labute approximate surface area is 147 Å². The summed E-state index contributed by atoms with van der Waals surface area (Å²) in [6, 6.07) is 5.63. The maximum absolute atomic E-state index is 12.3. The predicted molar refractivity (Wildman–Crippen MR) is 86.8 cm³/mol. The number of carbonyl (C=O) groups excluding carboxylic acids is 3. The summed E-state index contributed by atoms with van der Waals surface area (Å²) in [4.78, 5) is 36.6. The normalized spacial score (nSPS) is 25.8. The van der Waals surface area contributed by atoms with Crippen molar-refractivity contribution in [3.63, 3.8) is 0 Å². The molecule has 1 aromatic rings. The quantitative estimate of drug-likeness (QED) is 0.600. The van der Waals surface area contributed by atoms with Gasteiger partial charge >= 0.3 is 17.9 Å². The highest BCUT2D eigenvalue weighted by Crippen LogP contribution is 2.39. The van der Waals surface area contributed by atoms with Crippen molar-refractivity contribution in [1.82, 2.24) is 5.32 Å². The average Bonchev–Trinajstić information content (AvgIpc) is 3.00. The van der Waals surface area contributed by atoms with Crippen molar-refractivity contribution in [2.24, 2.45) is 11.8 Å². The van der Waals surface area contributed by atoms with Gasteiger partial charge in [-0.15, -0.1) is 0 Å². The molecule has 0 bridgehead atoms. The maximum Gasteiger partial charge on any atom is 0.323 e. The van der Waals surface area contributed by atoms with Gasteiger partial charge in [-0.25, -0.2) is 0 Å². The van der Waals surface area contributed by atoms with Gasteiger partial charge in [-0.2, -0.15) is 0 Å². The second-order valence-electron chi connectivity index (χ2n) is 5.29. The number of hydrogen-bond donors (Lipinski definition) is 1. The summed E-state index contributed by atoms with van der Waals surface area (Å²) in [7, 11) is 3.66. The molecule has 7 nitrogen and oxygen atoms in total. The maximum atomic E-state index is 12.3. The number of halogens is 1. The second kappa shape index (κ2) is 7.76. The molecule has 24 heavy (non-hydrogen) atoms. The summed E-state index contributed by atoms with van der Waals surface area (Å²) < 4.78 is 15.3. The van der Waals surface area contributed by atoms with E-state index in [2.05, 4.69) is 21.2 Å². The van der Waals surface area contributed by atoms with E-state index in [4.69, 9.17) is 14.2 Å². The van der Waals surface area contributed by atoms with Crippen LogP contribution in [0.1, 0.15) is 11.6 Å². The first-order valence-electron chi connectivity index (χ1n) is 7.19. The molecule has 1 aliphatic heterocycles. The predicted octanol–water partition coefficient (Wildman–Crippen LogP) is 1.21. The number of hydrogen-bond acceptors (Lipinski definition) is 7. The van der Waals surface area contributed by atoms with Gasteiger partial charge in [0, 0.05) is 10.5 Å². The summed E-state index contributed by atoms with van der Waals surface area (Å²) >= 11 is 3.34. The third kappa shape index (κ3) is 3.44. The van der Waals surface area contributed by atoms with Crippen LogP contribution in [-0.4, -0.2) is 45.3 Å². The fourth-order valence-electron chi connectivity index (χ4n) is 2.97. The number of methoxy groups -OCH3 is 3. The zero-order valence-electron chi connectivity index (χ0n) is 13.4. The van der Waals surface area contributed by atoms with Crippen molar-refractivity contribution in [3.05, 3.63) is 34.3 Å². The minimum Gasteiger partial charge on any atom is -0.469 e. The molecule has 1 aromatic carbocycles. The SMILES string of the molecule is COC(=O)[C@@H]1[C@H](C(=O)OC)[C@H](C(=O)OC)N[C@@H]1c1ccc(Br)cc1. The summed E-state index contributed by atoms with van der Waals surface area (Å²) in [5.74, 6) is -3.86. The minimum atomic E-state index is -1.04. The summed E-state index contributed by atoms with van der Waals surface area (Å²) in [5, 5.41) is 3.02. The highest BCUT2D eigenvalue weighted by atomic mass is 79.9. The summed E-state index contributed by atoms with van der Waals surface area (Å²) in [6.07, 6.45) is 0. The molecule has 0 aromatic heterocycles. The smallest absolute Gasteiger partial charge is 0.323 e. The van der Waals surface area contributed by atoms with Crippen LogP contribution in [0.15, 0.2) is 28.7 Å². The number of benzene rings is 1. The molecule has 0 saturated carbocycles. The van der Waals surface area contributed by atoms with E-state index in [0.29, 0.717) is 0 Å². The zero-order chi connectivity index (χ0) is 17.9. The fraction of sp³-hybridized carbons (Fsp3) is 0.438. The van der Waals surface area contributed by atoms with Gasteiger partial charge in [-0.05, 0) is 17.7 Å². The molecular formula is C16H18BrNO6. The minimum absolute atomic E-state index is 0.584. The lowest BCUT2D eigenvalue weighted by atomic mass is 9.84. The first-order valence-corrected chi connectivity index (χ1v) is 7.98.